The lowest BCUT2D eigenvalue weighted by Gasteiger charge is -2.33. The number of aliphatic carboxylic acids is 1. The van der Waals surface area contributed by atoms with Crippen molar-refractivity contribution in [2.24, 2.45) is 5.73 Å². The average molecular weight is 316 g/mol. The molecule has 22 heavy (non-hydrogen) atoms. The van der Waals surface area contributed by atoms with Crippen molar-refractivity contribution in [3.05, 3.63) is 11.5 Å². The number of hydrogen-bond donors (Lipinski definition) is 5. The summed E-state index contributed by atoms with van der Waals surface area (Å²) in [5, 5.41) is 31.0. The van der Waals surface area contributed by atoms with Gasteiger partial charge >= 0.3 is 5.97 Å². The number of carboxylic acids is 1. The van der Waals surface area contributed by atoms with Crippen LogP contribution in [0.25, 0.3) is 0 Å². The summed E-state index contributed by atoms with van der Waals surface area (Å²) in [6, 6.07) is -1.18. The number of nitrogens with two attached hydrogens (primary N) is 1. The number of ether oxygens (including phenoxy) is 1. The number of amides is 1. The molecule has 124 valence electrons. The third-order valence-electron chi connectivity index (χ3n) is 3.35. The Labute approximate surface area is 126 Å². The average Bonchev–Trinajstić information content (AvgIpc) is 2.42. The molecule has 1 amide bonds. The van der Waals surface area contributed by atoms with Crippen molar-refractivity contribution in [3.8, 4) is 0 Å². The van der Waals surface area contributed by atoms with Gasteiger partial charge in [0.15, 0.2) is 5.76 Å². The second-order valence-corrected chi connectivity index (χ2v) is 5.21. The smallest absolute Gasteiger partial charge is 0.326 e. The van der Waals surface area contributed by atoms with E-state index < -0.39 is 35.9 Å². The van der Waals surface area contributed by atoms with Gasteiger partial charge in [0.2, 0.25) is 11.7 Å². The molecule has 9 heteroatoms. The van der Waals surface area contributed by atoms with Gasteiger partial charge in [-0.15, -0.1) is 0 Å². The number of carbonyl (C=O) groups is 3. The number of hydrogen-bond acceptors (Lipinski definition) is 7. The largest absolute Gasteiger partial charge is 0.491 e. The summed E-state index contributed by atoms with van der Waals surface area (Å²) in [5.41, 5.74) is 3.39. The van der Waals surface area contributed by atoms with Crippen LogP contribution in [0.3, 0.4) is 0 Å². The molecule has 0 fully saturated rings. The van der Waals surface area contributed by atoms with Gasteiger partial charge in [-0.1, -0.05) is 0 Å². The molecule has 0 saturated heterocycles. The number of primary amides is 1. The van der Waals surface area contributed by atoms with E-state index in [9.17, 15) is 24.6 Å². The summed E-state index contributed by atoms with van der Waals surface area (Å²) in [6.07, 6.45) is -0.732. The summed E-state index contributed by atoms with van der Waals surface area (Å²) in [7, 11) is 1.25. The summed E-state index contributed by atoms with van der Waals surface area (Å²) >= 11 is 0. The zero-order chi connectivity index (χ0) is 16.9. The van der Waals surface area contributed by atoms with Crippen molar-refractivity contribution < 1.29 is 34.4 Å². The predicted octanol–water partition coefficient (Wildman–Crippen LogP) is -1.76. The van der Waals surface area contributed by atoms with Crippen LogP contribution in [0.4, 0.5) is 0 Å². The zero-order valence-corrected chi connectivity index (χ0v) is 12.2. The maximum atomic E-state index is 11.9. The molecule has 0 aliphatic heterocycles. The van der Waals surface area contributed by atoms with Crippen molar-refractivity contribution in [2.45, 2.75) is 37.3 Å². The first-order chi connectivity index (χ1) is 10.2. The molecule has 0 unspecified atom stereocenters. The van der Waals surface area contributed by atoms with E-state index in [2.05, 4.69) is 5.32 Å². The lowest BCUT2D eigenvalue weighted by Crippen LogP contribution is -2.46. The van der Waals surface area contributed by atoms with Gasteiger partial charge in [0.1, 0.15) is 11.6 Å². The van der Waals surface area contributed by atoms with Crippen LogP contribution in [0.1, 0.15) is 25.7 Å². The van der Waals surface area contributed by atoms with Crippen LogP contribution in [0, 0.1) is 0 Å². The van der Waals surface area contributed by atoms with E-state index in [1.54, 1.807) is 0 Å². The van der Waals surface area contributed by atoms with Gasteiger partial charge in [-0.05, 0) is 6.42 Å². The third-order valence-corrected chi connectivity index (χ3v) is 3.35. The van der Waals surface area contributed by atoms with Crippen LogP contribution in [0.5, 0.6) is 0 Å². The van der Waals surface area contributed by atoms with Crippen LogP contribution in [0.2, 0.25) is 0 Å². The predicted molar refractivity (Wildman–Crippen MR) is 73.3 cm³/mol. The highest BCUT2D eigenvalue weighted by Crippen LogP contribution is 2.29. The Kier molecular flexibility index (Phi) is 5.89. The van der Waals surface area contributed by atoms with Gasteiger partial charge in [-0.2, -0.15) is 0 Å². The summed E-state index contributed by atoms with van der Waals surface area (Å²) < 4.78 is 4.95. The van der Waals surface area contributed by atoms with Crippen molar-refractivity contribution in [1.29, 1.82) is 0 Å². The monoisotopic (exact) mass is 316 g/mol. The first-order valence-corrected chi connectivity index (χ1v) is 6.63. The van der Waals surface area contributed by atoms with E-state index >= 15 is 0 Å². The second kappa shape index (κ2) is 7.23. The number of aliphatic hydroxyl groups is 2. The van der Waals surface area contributed by atoms with E-state index in [-0.39, 0.29) is 37.1 Å². The van der Waals surface area contributed by atoms with E-state index in [4.69, 9.17) is 15.6 Å². The molecule has 0 aromatic carbocycles. The van der Waals surface area contributed by atoms with Crippen LogP contribution in [0.15, 0.2) is 11.5 Å². The topological polar surface area (TPSA) is 159 Å². The van der Waals surface area contributed by atoms with Crippen molar-refractivity contribution >= 4 is 17.7 Å². The fourth-order valence-corrected chi connectivity index (χ4v) is 2.24. The molecule has 1 aliphatic carbocycles. The Morgan fingerprint density at radius 1 is 1.45 bits per heavy atom. The van der Waals surface area contributed by atoms with Crippen LogP contribution in [-0.2, 0) is 19.1 Å². The number of carboxylic acid groups (broad SMARTS) is 1. The first-order valence-electron chi connectivity index (χ1n) is 6.63. The Bertz CT molecular complexity index is 503. The normalized spacial score (nSPS) is 23.1. The second-order valence-electron chi connectivity index (χ2n) is 5.21. The Balaban J connectivity index is 2.99. The van der Waals surface area contributed by atoms with Gasteiger partial charge in [0.25, 0.3) is 0 Å². The van der Waals surface area contributed by atoms with E-state index in [0.717, 1.165) is 0 Å². The van der Waals surface area contributed by atoms with Gasteiger partial charge in [0, 0.05) is 19.3 Å². The highest BCUT2D eigenvalue weighted by Gasteiger charge is 2.39. The Morgan fingerprint density at radius 2 is 2.09 bits per heavy atom. The fourth-order valence-electron chi connectivity index (χ4n) is 2.24. The molecule has 0 aromatic rings. The first kappa shape index (κ1) is 17.9. The van der Waals surface area contributed by atoms with Crippen LogP contribution in [-0.4, -0.2) is 58.3 Å². The third kappa shape index (κ3) is 4.43. The summed E-state index contributed by atoms with van der Waals surface area (Å²) in [5.74, 6) is -2.54. The van der Waals surface area contributed by atoms with Gasteiger partial charge in [-0.25, -0.2) is 4.79 Å². The molecule has 0 saturated carbocycles. The maximum absolute atomic E-state index is 11.9. The SMILES string of the molecule is COC1=C(N[C@@H](CCC(N)=O)C(=O)O)C[C@](O)(CO)CC1=O. The molecule has 9 nitrogen and oxygen atoms in total. The molecule has 0 aromatic heterocycles. The van der Waals surface area contributed by atoms with E-state index in [1.165, 1.54) is 7.11 Å². The minimum Gasteiger partial charge on any atom is -0.491 e. The minimum atomic E-state index is -1.67. The number of rotatable bonds is 8. The van der Waals surface area contributed by atoms with Gasteiger partial charge < -0.3 is 31.1 Å². The van der Waals surface area contributed by atoms with Gasteiger partial charge in [0.05, 0.1) is 19.4 Å². The Morgan fingerprint density at radius 3 is 2.55 bits per heavy atom. The van der Waals surface area contributed by atoms with E-state index in [0.29, 0.717) is 0 Å². The summed E-state index contributed by atoms with van der Waals surface area (Å²) in [6.45, 7) is -0.653. The number of nitrogens with one attached hydrogen (secondary N) is 1. The van der Waals surface area contributed by atoms with Crippen molar-refractivity contribution in [3.63, 3.8) is 0 Å². The molecule has 1 aliphatic rings. The quantitative estimate of drug-likeness (QED) is 0.352. The number of aliphatic hydroxyl groups excluding tert-OH is 1. The van der Waals surface area contributed by atoms with Crippen molar-refractivity contribution in [2.75, 3.05) is 13.7 Å². The molecular formula is C13H20N2O7. The number of Topliss-reactive ketones (excluding diaryl/α,β-unsaturated/α-hetero) is 1. The van der Waals surface area contributed by atoms with Gasteiger partial charge in [-0.3, -0.25) is 9.59 Å². The number of methoxy groups -OCH3 is 1. The van der Waals surface area contributed by atoms with Crippen LogP contribution < -0.4 is 11.1 Å². The molecule has 6 N–H and O–H groups in total. The number of ketones is 1. The lowest BCUT2D eigenvalue weighted by atomic mass is 9.85. The van der Waals surface area contributed by atoms with Crippen LogP contribution >= 0.6 is 0 Å². The molecule has 2 atom stereocenters. The van der Waals surface area contributed by atoms with Crippen molar-refractivity contribution in [1.82, 2.24) is 5.32 Å². The fraction of sp³-hybridized carbons (Fsp3) is 0.615. The molecule has 1 rings (SSSR count). The lowest BCUT2D eigenvalue weighted by molar-refractivity contribution is -0.140. The summed E-state index contributed by atoms with van der Waals surface area (Å²) in [4.78, 5) is 33.9. The zero-order valence-electron chi connectivity index (χ0n) is 12.2. The highest BCUT2D eigenvalue weighted by molar-refractivity contribution is 5.96. The minimum absolute atomic E-state index is 0.0761. The number of carbonyl (C=O) groups excluding carboxylic acids is 2. The molecular weight excluding hydrogens is 296 g/mol. The number of allylic oxidation sites excluding steroid dienone is 1. The molecule has 0 heterocycles. The Hall–Kier alpha value is -2.13. The standard InChI is InChI=1S/C13H20N2O7/c1-22-11-8(4-13(21,6-16)5-9(11)17)15-7(12(19)20)2-3-10(14)18/h7,15-16,21H,2-6H2,1H3,(H2,14,18)(H,19,20)/t7-,13+/m0/s1. The molecule has 0 spiro atoms. The highest BCUT2D eigenvalue weighted by atomic mass is 16.5. The molecule has 0 radical (unpaired) electrons. The maximum Gasteiger partial charge on any atom is 0.326 e. The molecule has 0 bridgehead atoms. The van der Waals surface area contributed by atoms with E-state index in [1.807, 2.05) is 0 Å².